The van der Waals surface area contributed by atoms with Gasteiger partial charge >= 0.3 is 6.18 Å². The van der Waals surface area contributed by atoms with Gasteiger partial charge in [-0.05, 0) is 12.1 Å². The lowest BCUT2D eigenvalue weighted by Crippen LogP contribution is -2.05. The maximum atomic E-state index is 12.6. The Morgan fingerprint density at radius 2 is 2.11 bits per heavy atom. The summed E-state index contributed by atoms with van der Waals surface area (Å²) in [5.41, 5.74) is 5.82. The van der Waals surface area contributed by atoms with Gasteiger partial charge in [0.1, 0.15) is 11.5 Å². The van der Waals surface area contributed by atoms with Gasteiger partial charge in [-0.25, -0.2) is 4.98 Å². The number of nitrogen functional groups attached to an aromatic ring is 1. The number of aromatic nitrogens is 2. The van der Waals surface area contributed by atoms with E-state index in [2.05, 4.69) is 11.6 Å². The predicted molar refractivity (Wildman–Crippen MR) is 67.3 cm³/mol. The fourth-order valence-corrected chi connectivity index (χ4v) is 1.74. The van der Waals surface area contributed by atoms with E-state index in [0.717, 1.165) is 12.1 Å². The van der Waals surface area contributed by atoms with Gasteiger partial charge in [-0.3, -0.25) is 0 Å². The van der Waals surface area contributed by atoms with E-state index in [1.807, 2.05) is 0 Å². The highest BCUT2D eigenvalue weighted by Crippen LogP contribution is 2.33. The molecular formula is C13H12F3N3. The number of anilines is 1. The quantitative estimate of drug-likeness (QED) is 0.867. The van der Waals surface area contributed by atoms with Gasteiger partial charge in [-0.2, -0.15) is 13.2 Å². The van der Waals surface area contributed by atoms with E-state index in [0.29, 0.717) is 23.6 Å². The third-order valence-electron chi connectivity index (χ3n) is 2.67. The highest BCUT2D eigenvalue weighted by molar-refractivity contribution is 5.71. The van der Waals surface area contributed by atoms with E-state index in [1.165, 1.54) is 12.4 Å². The number of hydrogen-bond acceptors (Lipinski definition) is 2. The minimum atomic E-state index is -4.38. The van der Waals surface area contributed by atoms with Crippen LogP contribution in [-0.2, 0) is 12.7 Å². The summed E-state index contributed by atoms with van der Waals surface area (Å²) in [6.45, 7) is 4.03. The number of imidazole rings is 1. The van der Waals surface area contributed by atoms with Crippen molar-refractivity contribution in [3.05, 3.63) is 48.8 Å². The molecule has 0 bridgehead atoms. The summed E-state index contributed by atoms with van der Waals surface area (Å²) in [4.78, 5) is 4.05. The zero-order valence-corrected chi connectivity index (χ0v) is 9.98. The molecule has 1 aromatic heterocycles. The van der Waals surface area contributed by atoms with Gasteiger partial charge in [0.05, 0.1) is 11.9 Å². The predicted octanol–water partition coefficient (Wildman–Crippen LogP) is 3.34. The number of allylic oxidation sites excluding steroid dienone is 1. The number of nitrogens with two attached hydrogens (primary N) is 1. The minimum Gasteiger partial charge on any atom is -0.383 e. The minimum absolute atomic E-state index is 0.319. The highest BCUT2D eigenvalue weighted by atomic mass is 19.4. The second-order valence-electron chi connectivity index (χ2n) is 4.00. The molecule has 2 aromatic rings. The number of hydrogen-bond donors (Lipinski definition) is 1. The first-order chi connectivity index (χ1) is 8.93. The van der Waals surface area contributed by atoms with Crippen LogP contribution >= 0.6 is 0 Å². The molecular weight excluding hydrogens is 255 g/mol. The average Bonchev–Trinajstić information content (AvgIpc) is 2.71. The standard InChI is InChI=1S/C13H12F3N3/c1-2-6-19-8-18-11(12(19)17)9-4-3-5-10(7-9)13(14,15)16/h2-5,7-8H,1,6,17H2. The molecule has 1 aromatic carbocycles. The van der Waals surface area contributed by atoms with Crippen molar-refractivity contribution in [2.24, 2.45) is 0 Å². The Hall–Kier alpha value is -2.24. The molecule has 2 rings (SSSR count). The molecule has 0 aliphatic carbocycles. The molecule has 6 heteroatoms. The summed E-state index contributed by atoms with van der Waals surface area (Å²) >= 11 is 0. The molecule has 100 valence electrons. The molecule has 3 nitrogen and oxygen atoms in total. The SMILES string of the molecule is C=CCn1cnc(-c2cccc(C(F)(F)F)c2)c1N. The van der Waals surface area contributed by atoms with Crippen molar-refractivity contribution < 1.29 is 13.2 Å². The van der Waals surface area contributed by atoms with Crippen molar-refractivity contribution >= 4 is 5.82 Å². The van der Waals surface area contributed by atoms with Crippen LogP contribution in [0.5, 0.6) is 0 Å². The Bertz CT molecular complexity index is 599. The normalized spacial score (nSPS) is 11.5. The third kappa shape index (κ3) is 2.62. The van der Waals surface area contributed by atoms with Crippen LogP contribution in [0.3, 0.4) is 0 Å². The van der Waals surface area contributed by atoms with Crippen molar-refractivity contribution in [3.8, 4) is 11.3 Å². The summed E-state index contributed by atoms with van der Waals surface area (Å²) < 4.78 is 39.5. The Morgan fingerprint density at radius 3 is 2.74 bits per heavy atom. The van der Waals surface area contributed by atoms with Gasteiger partial charge in [-0.1, -0.05) is 18.2 Å². The van der Waals surface area contributed by atoms with Crippen LogP contribution in [0.15, 0.2) is 43.2 Å². The van der Waals surface area contributed by atoms with Gasteiger partial charge < -0.3 is 10.3 Å². The summed E-state index contributed by atoms with van der Waals surface area (Å²) in [5.74, 6) is 0.319. The van der Waals surface area contributed by atoms with Crippen molar-refractivity contribution in [1.82, 2.24) is 9.55 Å². The zero-order valence-electron chi connectivity index (χ0n) is 9.98. The van der Waals surface area contributed by atoms with Crippen LogP contribution in [0.25, 0.3) is 11.3 Å². The average molecular weight is 267 g/mol. The molecule has 0 saturated heterocycles. The first-order valence-electron chi connectivity index (χ1n) is 5.52. The van der Waals surface area contributed by atoms with E-state index in [-0.39, 0.29) is 0 Å². The summed E-state index contributed by atoms with van der Waals surface area (Å²) in [6, 6.07) is 4.94. The third-order valence-corrected chi connectivity index (χ3v) is 2.67. The first-order valence-corrected chi connectivity index (χ1v) is 5.52. The van der Waals surface area contributed by atoms with E-state index in [1.54, 1.807) is 16.7 Å². The molecule has 0 unspecified atom stereocenters. The van der Waals surface area contributed by atoms with Crippen LogP contribution in [-0.4, -0.2) is 9.55 Å². The Balaban J connectivity index is 2.45. The van der Waals surface area contributed by atoms with Crippen molar-refractivity contribution in [3.63, 3.8) is 0 Å². The van der Waals surface area contributed by atoms with E-state index >= 15 is 0 Å². The van der Waals surface area contributed by atoms with Crippen LogP contribution < -0.4 is 5.73 Å². The monoisotopic (exact) mass is 267 g/mol. The Morgan fingerprint density at radius 1 is 1.37 bits per heavy atom. The fraction of sp³-hybridized carbons (Fsp3) is 0.154. The van der Waals surface area contributed by atoms with Gasteiger partial charge in [-0.15, -0.1) is 6.58 Å². The molecule has 0 amide bonds. The molecule has 1 heterocycles. The van der Waals surface area contributed by atoms with Crippen LogP contribution in [0, 0.1) is 0 Å². The maximum absolute atomic E-state index is 12.6. The molecule has 0 saturated carbocycles. The number of nitrogens with zero attached hydrogens (tertiary/aromatic N) is 2. The van der Waals surface area contributed by atoms with Gasteiger partial charge in [0.15, 0.2) is 0 Å². The molecule has 19 heavy (non-hydrogen) atoms. The molecule has 0 spiro atoms. The van der Waals surface area contributed by atoms with E-state index in [9.17, 15) is 13.2 Å². The second kappa shape index (κ2) is 4.79. The lowest BCUT2D eigenvalue weighted by molar-refractivity contribution is -0.137. The second-order valence-corrected chi connectivity index (χ2v) is 4.00. The Labute approximate surface area is 108 Å². The summed E-state index contributed by atoms with van der Waals surface area (Å²) in [7, 11) is 0. The Kier molecular flexibility index (Phi) is 3.33. The molecule has 0 atom stereocenters. The largest absolute Gasteiger partial charge is 0.416 e. The molecule has 0 radical (unpaired) electrons. The van der Waals surface area contributed by atoms with Gasteiger partial charge in [0, 0.05) is 12.1 Å². The molecule has 2 N–H and O–H groups in total. The lowest BCUT2D eigenvalue weighted by atomic mass is 10.1. The number of benzene rings is 1. The van der Waals surface area contributed by atoms with Crippen molar-refractivity contribution in [2.75, 3.05) is 5.73 Å². The number of rotatable bonds is 3. The van der Waals surface area contributed by atoms with E-state index in [4.69, 9.17) is 5.73 Å². The van der Waals surface area contributed by atoms with Gasteiger partial charge in [0.2, 0.25) is 0 Å². The van der Waals surface area contributed by atoms with Crippen molar-refractivity contribution in [1.29, 1.82) is 0 Å². The molecule has 0 aliphatic heterocycles. The van der Waals surface area contributed by atoms with Crippen LogP contribution in [0.2, 0.25) is 0 Å². The fourth-order valence-electron chi connectivity index (χ4n) is 1.74. The maximum Gasteiger partial charge on any atom is 0.416 e. The van der Waals surface area contributed by atoms with Gasteiger partial charge in [0.25, 0.3) is 0 Å². The molecule has 0 fully saturated rings. The zero-order chi connectivity index (χ0) is 14.0. The smallest absolute Gasteiger partial charge is 0.383 e. The highest BCUT2D eigenvalue weighted by Gasteiger charge is 2.30. The first kappa shape index (κ1) is 13.2. The van der Waals surface area contributed by atoms with Crippen molar-refractivity contribution in [2.45, 2.75) is 12.7 Å². The summed E-state index contributed by atoms with van der Waals surface area (Å²) in [5, 5.41) is 0. The number of alkyl halides is 3. The lowest BCUT2D eigenvalue weighted by Gasteiger charge is -2.08. The topological polar surface area (TPSA) is 43.8 Å². The van der Waals surface area contributed by atoms with Crippen LogP contribution in [0.4, 0.5) is 19.0 Å². The molecule has 0 aliphatic rings. The van der Waals surface area contributed by atoms with E-state index < -0.39 is 11.7 Å². The summed E-state index contributed by atoms with van der Waals surface area (Å²) in [6.07, 6.45) is -1.27. The number of halogens is 3. The van der Waals surface area contributed by atoms with Crippen LogP contribution in [0.1, 0.15) is 5.56 Å².